The van der Waals surface area contributed by atoms with E-state index in [9.17, 15) is 49.5 Å². The lowest BCUT2D eigenvalue weighted by Crippen LogP contribution is -2.61. The minimum absolute atomic E-state index is 0.0102. The van der Waals surface area contributed by atoms with Crippen LogP contribution >= 0.6 is 0 Å². The second-order valence-corrected chi connectivity index (χ2v) is 15.4. The lowest BCUT2D eigenvalue weighted by molar-refractivity contribution is -0.271. The van der Waals surface area contributed by atoms with Gasteiger partial charge in [0.25, 0.3) is 5.56 Å². The van der Waals surface area contributed by atoms with Crippen molar-refractivity contribution in [3.63, 3.8) is 0 Å². The number of carbonyl (C=O) groups excluding carboxylic acids is 3. The molecule has 0 saturated carbocycles. The highest BCUT2D eigenvalue weighted by atomic mass is 19.1. The van der Waals surface area contributed by atoms with Crippen molar-refractivity contribution in [1.29, 1.82) is 0 Å². The Labute approximate surface area is 345 Å². The number of aliphatic carboxylic acids is 1. The first-order chi connectivity index (χ1) is 29.1. The number of aromatic nitrogens is 2. The van der Waals surface area contributed by atoms with Crippen molar-refractivity contribution in [2.45, 2.75) is 95.2 Å². The van der Waals surface area contributed by atoms with E-state index in [-0.39, 0.29) is 55.3 Å². The molecule has 2 amide bonds. The first-order valence-electron chi connectivity index (χ1n) is 19.5. The summed E-state index contributed by atoms with van der Waals surface area (Å²) < 4.78 is 38.6. The summed E-state index contributed by atoms with van der Waals surface area (Å²) in [6, 6.07) is 6.37. The van der Waals surface area contributed by atoms with Crippen LogP contribution in [0.15, 0.2) is 35.1 Å². The molecule has 0 radical (unpaired) electrons. The minimum atomic E-state index is -2.06. The lowest BCUT2D eigenvalue weighted by Gasteiger charge is -2.38. The predicted octanol–water partition coefficient (Wildman–Crippen LogP) is 0.870. The van der Waals surface area contributed by atoms with Crippen LogP contribution in [0.1, 0.15) is 64.8 Å². The van der Waals surface area contributed by atoms with Crippen LogP contribution < -0.4 is 26.2 Å². The summed E-state index contributed by atoms with van der Waals surface area (Å²) in [5.41, 5.74) is 1.37. The molecule has 5 heterocycles. The van der Waals surface area contributed by atoms with E-state index < -0.39 is 77.7 Å². The second-order valence-electron chi connectivity index (χ2n) is 15.4. The number of pyridine rings is 2. The van der Waals surface area contributed by atoms with E-state index in [4.69, 9.17) is 23.9 Å². The van der Waals surface area contributed by atoms with E-state index in [1.807, 2.05) is 0 Å². The topological polar surface area (TPSA) is 277 Å². The van der Waals surface area contributed by atoms with Gasteiger partial charge in [-0.05, 0) is 73.7 Å². The highest BCUT2D eigenvalue weighted by Crippen LogP contribution is 2.46. The van der Waals surface area contributed by atoms with Crippen LogP contribution in [-0.4, -0.2) is 103 Å². The van der Waals surface area contributed by atoms with Gasteiger partial charge in [0.15, 0.2) is 11.7 Å². The number of ether oxygens (including phenoxy) is 4. The van der Waals surface area contributed by atoms with Crippen LogP contribution in [0.5, 0.6) is 5.75 Å². The third kappa shape index (κ3) is 7.03. The first-order valence-corrected chi connectivity index (χ1v) is 19.5. The van der Waals surface area contributed by atoms with Crippen LogP contribution in [-0.2, 0) is 60.4 Å². The van der Waals surface area contributed by atoms with Gasteiger partial charge in [-0.2, -0.15) is 0 Å². The Morgan fingerprint density at radius 2 is 1.84 bits per heavy atom. The number of aryl methyl sites for hydroxylation is 1. The number of carbonyl (C=O) groups is 4. The summed E-state index contributed by atoms with van der Waals surface area (Å²) in [5, 5.41) is 60.5. The van der Waals surface area contributed by atoms with Crippen LogP contribution in [0.2, 0.25) is 0 Å². The number of hydrogen-bond acceptors (Lipinski definition) is 15. The van der Waals surface area contributed by atoms with Gasteiger partial charge in [-0.15, -0.1) is 0 Å². The Kier molecular flexibility index (Phi) is 10.8. The molecule has 1 saturated heterocycles. The van der Waals surface area contributed by atoms with Crippen molar-refractivity contribution >= 4 is 40.5 Å². The minimum Gasteiger partial charge on any atom is -0.479 e. The monoisotopic (exact) mass is 847 g/mol. The summed E-state index contributed by atoms with van der Waals surface area (Å²) >= 11 is 0. The maximum atomic E-state index is 15.4. The number of aliphatic hydroxyl groups excluding tert-OH is 3. The number of rotatable bonds is 10. The SMILES string of the molecule is CC[C@@]1(O)C(=O)OCc2c1cc1n(c2=O)Cc2c-1nc1cc(F)c(C)c3c1c2[C@@H](NC(=O)OCc1ccc(O[C@@H]2OC(C(=O)O)[C@@H](O)[C@H](O)C2O)c(NC(=O)CNC)c1)CC3. The number of hydrogen-bond donors (Lipinski definition) is 8. The van der Waals surface area contributed by atoms with Gasteiger partial charge in [-0.25, -0.2) is 23.8 Å². The van der Waals surface area contributed by atoms with E-state index in [1.54, 1.807) is 19.9 Å². The molecule has 1 aliphatic carbocycles. The molecule has 19 nitrogen and oxygen atoms in total. The number of cyclic esters (lactones) is 1. The number of likely N-dealkylation sites (N-methyl/N-ethyl adjacent to an activating group) is 1. The second kappa shape index (κ2) is 15.8. The maximum absolute atomic E-state index is 15.4. The molecule has 322 valence electrons. The molecule has 61 heavy (non-hydrogen) atoms. The van der Waals surface area contributed by atoms with Crippen LogP contribution in [0.4, 0.5) is 14.9 Å². The highest BCUT2D eigenvalue weighted by molar-refractivity contribution is 5.95. The number of amides is 2. The lowest BCUT2D eigenvalue weighted by atomic mass is 9.81. The Balaban J connectivity index is 1.08. The van der Waals surface area contributed by atoms with Gasteiger partial charge < -0.3 is 65.0 Å². The molecule has 2 unspecified atom stereocenters. The highest BCUT2D eigenvalue weighted by Gasteiger charge is 2.49. The molecule has 20 heteroatoms. The van der Waals surface area contributed by atoms with Gasteiger partial charge in [0.1, 0.15) is 43.1 Å². The summed E-state index contributed by atoms with van der Waals surface area (Å²) in [4.78, 5) is 69.3. The summed E-state index contributed by atoms with van der Waals surface area (Å²) in [7, 11) is 1.54. The number of carboxylic acid groups (broad SMARTS) is 1. The molecule has 8 rings (SSSR count). The molecule has 4 aromatic rings. The van der Waals surface area contributed by atoms with Crippen molar-refractivity contribution < 1.29 is 68.0 Å². The van der Waals surface area contributed by atoms with Crippen molar-refractivity contribution in [2.75, 3.05) is 18.9 Å². The fourth-order valence-electron chi connectivity index (χ4n) is 8.53. The molecule has 1 fully saturated rings. The van der Waals surface area contributed by atoms with Crippen LogP contribution in [0, 0.1) is 12.7 Å². The first kappa shape index (κ1) is 41.7. The van der Waals surface area contributed by atoms with Crippen LogP contribution in [0.25, 0.3) is 22.3 Å². The third-order valence-electron chi connectivity index (χ3n) is 11.8. The number of nitrogens with one attached hydrogen (secondary N) is 3. The van der Waals surface area contributed by atoms with E-state index in [0.717, 1.165) is 0 Å². The molecule has 0 bridgehead atoms. The summed E-state index contributed by atoms with van der Waals surface area (Å²) in [5.74, 6) is -3.60. The normalized spacial score (nSPS) is 24.9. The molecular formula is C41H42FN5O14. The zero-order chi connectivity index (χ0) is 43.7. The van der Waals surface area contributed by atoms with Gasteiger partial charge in [-0.1, -0.05) is 13.0 Å². The quantitative estimate of drug-likeness (QED) is 0.0906. The number of alkyl carbamates (subject to hydrolysis) is 1. The van der Waals surface area contributed by atoms with E-state index in [0.29, 0.717) is 62.9 Å². The molecule has 8 N–H and O–H groups in total. The summed E-state index contributed by atoms with van der Waals surface area (Å²) in [6.45, 7) is 2.51. The average Bonchev–Trinajstić information content (AvgIpc) is 3.60. The Morgan fingerprint density at radius 1 is 1.07 bits per heavy atom. The predicted molar refractivity (Wildman–Crippen MR) is 208 cm³/mol. The maximum Gasteiger partial charge on any atom is 0.407 e. The molecule has 4 aliphatic rings. The zero-order valence-corrected chi connectivity index (χ0v) is 33.0. The number of benzene rings is 2. The van der Waals surface area contributed by atoms with Crippen LogP contribution in [0.3, 0.4) is 0 Å². The molecule has 2 aromatic heterocycles. The molecule has 2 aromatic carbocycles. The Morgan fingerprint density at radius 3 is 2.56 bits per heavy atom. The number of nitrogens with zero attached hydrogens (tertiary/aromatic N) is 2. The van der Waals surface area contributed by atoms with Crippen molar-refractivity contribution in [1.82, 2.24) is 20.2 Å². The van der Waals surface area contributed by atoms with E-state index in [1.165, 1.54) is 35.9 Å². The number of carboxylic acids is 1. The van der Waals surface area contributed by atoms with E-state index in [2.05, 4.69) is 16.0 Å². The number of halogens is 1. The van der Waals surface area contributed by atoms with Gasteiger partial charge in [0.2, 0.25) is 12.2 Å². The van der Waals surface area contributed by atoms with Crippen molar-refractivity contribution in [3.8, 4) is 17.1 Å². The number of esters is 1. The average molecular weight is 848 g/mol. The Hall–Kier alpha value is -6.03. The number of anilines is 1. The van der Waals surface area contributed by atoms with Gasteiger partial charge in [0.05, 0.1) is 47.3 Å². The van der Waals surface area contributed by atoms with Gasteiger partial charge >= 0.3 is 18.0 Å². The van der Waals surface area contributed by atoms with Gasteiger partial charge in [0, 0.05) is 22.6 Å². The number of fused-ring (bicyclic) bond motifs is 5. The Bertz CT molecular complexity index is 2580. The standard InChI is InChI=1S/C41H42FN5O14/c1-4-41(57)21-10-26-31-19(13-47(26)36(52)20(21)15-58-39(41)55)30-23(7-6-18-16(2)22(42)11-25(45-31)29(18)30)46-40(56)59-14-17-5-8-27(24(9-17)44-28(48)12-43-3)60-38-34(51)32(49)33(50)35(61-38)37(53)54/h5,8-11,23,32-35,38,43,49-51,57H,4,6-7,12-15H2,1-3H3,(H,44,48)(H,46,56)(H,53,54)/t23-,32-,33-,34?,35?,38+,41-/m0/s1. The third-order valence-corrected chi connectivity index (χ3v) is 11.8. The smallest absolute Gasteiger partial charge is 0.407 e. The largest absolute Gasteiger partial charge is 0.479 e. The molecule has 3 aliphatic heterocycles. The van der Waals surface area contributed by atoms with Gasteiger partial charge in [-0.3, -0.25) is 9.59 Å². The zero-order valence-electron chi connectivity index (χ0n) is 33.0. The fourth-order valence-corrected chi connectivity index (χ4v) is 8.53. The fraction of sp³-hybridized carbons (Fsp3) is 0.415. The molecular weight excluding hydrogens is 805 g/mol. The van der Waals surface area contributed by atoms with E-state index >= 15 is 4.39 Å². The molecule has 0 spiro atoms. The number of aliphatic hydroxyl groups is 4. The van der Waals surface area contributed by atoms with Crippen molar-refractivity contribution in [3.05, 3.63) is 85.4 Å². The summed E-state index contributed by atoms with van der Waals surface area (Å²) in [6.07, 6.45) is -9.66. The molecule has 7 atom stereocenters. The van der Waals surface area contributed by atoms with Crippen molar-refractivity contribution in [2.24, 2.45) is 0 Å².